The maximum Gasteiger partial charge on any atom is 0.410 e. The summed E-state index contributed by atoms with van der Waals surface area (Å²) < 4.78 is 48.7. The average molecular weight is 436 g/mol. The molecule has 0 saturated heterocycles. The van der Waals surface area contributed by atoms with E-state index in [1.165, 1.54) is 17.0 Å². The van der Waals surface area contributed by atoms with Crippen molar-refractivity contribution in [3.8, 4) is 0 Å². The summed E-state index contributed by atoms with van der Waals surface area (Å²) in [5, 5.41) is 0. The summed E-state index contributed by atoms with van der Waals surface area (Å²) in [6.45, 7) is 5.59. The number of halogens is 1. The number of carbonyl (C=O) groups excluding carboxylic acids is 1. The molecular weight excluding hydrogens is 409 g/mol. The van der Waals surface area contributed by atoms with E-state index < -0.39 is 27.7 Å². The van der Waals surface area contributed by atoms with Gasteiger partial charge in [-0.25, -0.2) is 17.8 Å². The third-order valence-electron chi connectivity index (χ3n) is 4.49. The van der Waals surface area contributed by atoms with Crippen LogP contribution in [0.15, 0.2) is 48.5 Å². The molecule has 0 saturated carbocycles. The molecule has 2 aromatic rings. The molecule has 1 aliphatic rings. The molecule has 7 nitrogen and oxygen atoms in total. The van der Waals surface area contributed by atoms with Gasteiger partial charge in [-0.3, -0.25) is 0 Å². The predicted octanol–water partition coefficient (Wildman–Crippen LogP) is 4.29. The first-order valence-electron chi connectivity index (χ1n) is 9.63. The third kappa shape index (κ3) is 4.35. The summed E-state index contributed by atoms with van der Waals surface area (Å²) >= 11 is 0. The Kier molecular flexibility index (Phi) is 5.94. The monoisotopic (exact) mass is 435 g/mol. The van der Waals surface area contributed by atoms with Crippen LogP contribution in [0.1, 0.15) is 27.2 Å². The Balaban J connectivity index is 1.81. The second kappa shape index (κ2) is 8.14. The van der Waals surface area contributed by atoms with Crippen molar-refractivity contribution in [3.05, 3.63) is 54.3 Å². The Hall–Kier alpha value is -2.81. The molecule has 2 aromatic carbocycles. The Morgan fingerprint density at radius 3 is 2.40 bits per heavy atom. The summed E-state index contributed by atoms with van der Waals surface area (Å²) in [7, 11) is -2.44. The first-order valence-corrected chi connectivity index (χ1v) is 11.0. The zero-order chi connectivity index (χ0) is 22.1. The molecule has 0 aromatic heterocycles. The summed E-state index contributed by atoms with van der Waals surface area (Å²) in [5.41, 5.74) is 0.0858. The topological polar surface area (TPSA) is 70.2 Å². The highest BCUT2D eigenvalue weighted by molar-refractivity contribution is 7.95. The van der Waals surface area contributed by atoms with Crippen LogP contribution in [0, 0.1) is 5.82 Å². The van der Waals surface area contributed by atoms with Crippen LogP contribution in [-0.2, 0) is 14.9 Å². The van der Waals surface area contributed by atoms with Gasteiger partial charge in [0.2, 0.25) is 0 Å². The van der Waals surface area contributed by atoms with Gasteiger partial charge in [-0.2, -0.15) is 8.42 Å². The van der Waals surface area contributed by atoms with Gasteiger partial charge in [-0.05, 0) is 51.5 Å². The molecule has 0 atom stereocenters. The van der Waals surface area contributed by atoms with Crippen molar-refractivity contribution in [2.75, 3.05) is 28.7 Å². The van der Waals surface area contributed by atoms with Crippen LogP contribution in [0.4, 0.5) is 26.2 Å². The van der Waals surface area contributed by atoms with Crippen molar-refractivity contribution in [1.82, 2.24) is 4.90 Å². The molecule has 3 rings (SSSR count). The van der Waals surface area contributed by atoms with Crippen molar-refractivity contribution in [2.24, 2.45) is 0 Å². The van der Waals surface area contributed by atoms with Gasteiger partial charge in [0.1, 0.15) is 17.1 Å². The second-order valence-electron chi connectivity index (χ2n) is 8.04. The maximum absolute atomic E-state index is 14.7. The lowest BCUT2D eigenvalue weighted by Crippen LogP contribution is -2.39. The third-order valence-corrected chi connectivity index (χ3v) is 6.28. The van der Waals surface area contributed by atoms with E-state index in [1.807, 2.05) is 0 Å². The van der Waals surface area contributed by atoms with E-state index in [0.29, 0.717) is 12.1 Å². The molecule has 1 heterocycles. The molecule has 9 heteroatoms. The van der Waals surface area contributed by atoms with E-state index in [4.69, 9.17) is 4.74 Å². The minimum absolute atomic E-state index is 0.0151. The van der Waals surface area contributed by atoms with Crippen LogP contribution in [0.25, 0.3) is 0 Å². The molecule has 0 spiro atoms. The molecule has 0 N–H and O–H groups in total. The fraction of sp³-hybridized carbons (Fsp3) is 0.381. The van der Waals surface area contributed by atoms with Gasteiger partial charge in [0.25, 0.3) is 0 Å². The number of para-hydroxylation sites is 2. The lowest BCUT2D eigenvalue weighted by molar-refractivity contribution is 0.0298. The van der Waals surface area contributed by atoms with Gasteiger partial charge in [-0.15, -0.1) is 0 Å². The summed E-state index contributed by atoms with van der Waals surface area (Å²) in [6, 6.07) is 12.9. The first-order chi connectivity index (χ1) is 14.0. The van der Waals surface area contributed by atoms with E-state index in [-0.39, 0.29) is 24.5 Å². The maximum atomic E-state index is 14.7. The van der Waals surface area contributed by atoms with Crippen molar-refractivity contribution in [1.29, 1.82) is 0 Å². The molecule has 0 unspecified atom stereocenters. The molecule has 0 bridgehead atoms. The van der Waals surface area contributed by atoms with Gasteiger partial charge in [0.15, 0.2) is 0 Å². The minimum atomic E-state index is -4.02. The van der Waals surface area contributed by atoms with Crippen LogP contribution in [0.2, 0.25) is 0 Å². The molecule has 0 radical (unpaired) electrons. The van der Waals surface area contributed by atoms with E-state index in [9.17, 15) is 17.6 Å². The quantitative estimate of drug-likeness (QED) is 0.703. The highest BCUT2D eigenvalue weighted by Gasteiger charge is 2.42. The highest BCUT2D eigenvalue weighted by Crippen LogP contribution is 2.46. The van der Waals surface area contributed by atoms with Gasteiger partial charge < -0.3 is 9.64 Å². The molecule has 1 amide bonds. The summed E-state index contributed by atoms with van der Waals surface area (Å²) in [4.78, 5) is 13.5. The molecular formula is C21H26FN3O4S. The van der Waals surface area contributed by atoms with Crippen LogP contribution in [-0.4, -0.2) is 45.1 Å². The van der Waals surface area contributed by atoms with Crippen molar-refractivity contribution in [3.63, 3.8) is 0 Å². The van der Waals surface area contributed by atoms with Gasteiger partial charge >= 0.3 is 16.3 Å². The zero-order valence-corrected chi connectivity index (χ0v) is 18.3. The Morgan fingerprint density at radius 1 is 1.10 bits per heavy atom. The standard InChI is InChI=1S/C21H26FN3O4S/c1-21(2,3)29-20(26)23(4)14-9-15-24-19-17(22)12-8-13-18(19)25(30(24,27)28)16-10-6-5-7-11-16/h5-8,10-13H,9,14-15H2,1-4H3. The van der Waals surface area contributed by atoms with E-state index in [0.717, 1.165) is 8.61 Å². The van der Waals surface area contributed by atoms with E-state index >= 15 is 0 Å². The zero-order valence-electron chi connectivity index (χ0n) is 17.5. The Labute approximate surface area is 176 Å². The van der Waals surface area contributed by atoms with Crippen LogP contribution in [0.3, 0.4) is 0 Å². The Morgan fingerprint density at radius 2 is 1.77 bits per heavy atom. The number of rotatable bonds is 5. The van der Waals surface area contributed by atoms with Gasteiger partial charge in [0, 0.05) is 20.1 Å². The normalized spacial score (nSPS) is 15.1. The van der Waals surface area contributed by atoms with Crippen LogP contribution in [0.5, 0.6) is 0 Å². The summed E-state index contributed by atoms with van der Waals surface area (Å²) in [6.07, 6.45) is -0.185. The number of fused-ring (bicyclic) bond motifs is 1. The fourth-order valence-electron chi connectivity index (χ4n) is 3.20. The number of hydrogen-bond donors (Lipinski definition) is 0. The van der Waals surface area contributed by atoms with Crippen LogP contribution >= 0.6 is 0 Å². The van der Waals surface area contributed by atoms with Crippen molar-refractivity contribution >= 4 is 33.4 Å². The second-order valence-corrected chi connectivity index (χ2v) is 9.74. The molecule has 0 fully saturated rings. The van der Waals surface area contributed by atoms with Crippen molar-refractivity contribution in [2.45, 2.75) is 32.8 Å². The number of hydrogen-bond acceptors (Lipinski definition) is 4. The smallest absolute Gasteiger partial charge is 0.410 e. The van der Waals surface area contributed by atoms with Crippen molar-refractivity contribution < 1.29 is 22.3 Å². The van der Waals surface area contributed by atoms with E-state index in [2.05, 4.69) is 0 Å². The molecule has 1 aliphatic heterocycles. The SMILES string of the molecule is CN(CCCN1c2c(F)cccc2N(c2ccccc2)S1(=O)=O)C(=O)OC(C)(C)C. The minimum Gasteiger partial charge on any atom is -0.444 e. The lowest BCUT2D eigenvalue weighted by Gasteiger charge is -2.26. The highest BCUT2D eigenvalue weighted by atomic mass is 32.2. The molecule has 30 heavy (non-hydrogen) atoms. The number of anilines is 3. The molecule has 162 valence electrons. The fourth-order valence-corrected chi connectivity index (χ4v) is 4.95. The number of nitrogens with zero attached hydrogens (tertiary/aromatic N) is 3. The first kappa shape index (κ1) is 21.9. The predicted molar refractivity (Wildman–Crippen MR) is 115 cm³/mol. The number of benzene rings is 2. The lowest BCUT2D eigenvalue weighted by atomic mass is 10.2. The largest absolute Gasteiger partial charge is 0.444 e. The molecule has 0 aliphatic carbocycles. The number of carbonyl (C=O) groups is 1. The number of amides is 1. The van der Waals surface area contributed by atoms with Gasteiger partial charge in [0.05, 0.1) is 11.4 Å². The van der Waals surface area contributed by atoms with Gasteiger partial charge in [-0.1, -0.05) is 24.3 Å². The van der Waals surface area contributed by atoms with E-state index in [1.54, 1.807) is 64.2 Å². The number of ether oxygens (including phenoxy) is 1. The van der Waals surface area contributed by atoms with Crippen LogP contribution < -0.4 is 8.61 Å². The summed E-state index contributed by atoms with van der Waals surface area (Å²) in [5.74, 6) is -0.616. The average Bonchev–Trinajstić information content (AvgIpc) is 2.88. The Bertz CT molecular complexity index is 1020.